The molecule has 0 rings (SSSR count). The van der Waals surface area contributed by atoms with E-state index in [9.17, 15) is 8.42 Å². The van der Waals surface area contributed by atoms with Crippen LogP contribution in [0.2, 0.25) is 0 Å². The van der Waals surface area contributed by atoms with E-state index in [1.54, 1.807) is 0 Å². The molecule has 66 valence electrons. The van der Waals surface area contributed by atoms with E-state index in [0.717, 1.165) is 24.7 Å². The van der Waals surface area contributed by atoms with Gasteiger partial charge in [0.15, 0.2) is 0 Å². The number of hydrogen-bond donors (Lipinski definition) is 0. The van der Waals surface area contributed by atoms with Gasteiger partial charge in [-0.15, -0.1) is 0 Å². The van der Waals surface area contributed by atoms with Gasteiger partial charge in [0.1, 0.15) is 0 Å². The summed E-state index contributed by atoms with van der Waals surface area (Å²) < 4.78 is 25.8. The highest BCUT2D eigenvalue weighted by Gasteiger charge is 2.02. The summed E-state index contributed by atoms with van der Waals surface area (Å²) in [4.78, 5) is 0. The number of hydrogen-bond acceptors (Lipinski definition) is 3. The van der Waals surface area contributed by atoms with E-state index in [1.165, 1.54) is 0 Å². The van der Waals surface area contributed by atoms with E-state index in [4.69, 9.17) is 0 Å². The third-order valence-corrected chi connectivity index (χ3v) is 2.10. The predicted molar refractivity (Wildman–Crippen MR) is 44.6 cm³/mol. The Bertz CT molecular complexity index is 194. The Kier molecular flexibility index (Phi) is 5.15. The van der Waals surface area contributed by atoms with Crippen LogP contribution < -0.4 is 0 Å². The first-order chi connectivity index (χ1) is 5.12. The van der Waals surface area contributed by atoms with E-state index in [-0.39, 0.29) is 6.61 Å². The molecule has 0 bridgehead atoms. The van der Waals surface area contributed by atoms with Gasteiger partial charge >= 0.3 is 0 Å². The van der Waals surface area contributed by atoms with Crippen molar-refractivity contribution in [3.63, 3.8) is 0 Å². The largest absolute Gasteiger partial charge is 0.289 e. The highest BCUT2D eigenvalue weighted by molar-refractivity contribution is 7.89. The van der Waals surface area contributed by atoms with Crippen LogP contribution in [0.1, 0.15) is 26.2 Å². The molecule has 0 aromatic heterocycles. The maximum Gasteiger partial charge on any atom is 0.289 e. The van der Waals surface area contributed by atoms with Gasteiger partial charge in [0, 0.05) is 0 Å². The van der Waals surface area contributed by atoms with E-state index in [0.29, 0.717) is 0 Å². The molecule has 4 heteroatoms. The van der Waals surface area contributed by atoms with Gasteiger partial charge in [0.2, 0.25) is 0 Å². The highest BCUT2D eigenvalue weighted by Crippen LogP contribution is 1.99. The van der Waals surface area contributed by atoms with Gasteiger partial charge in [-0.2, -0.15) is 8.42 Å². The minimum absolute atomic E-state index is 0.266. The summed E-state index contributed by atoms with van der Waals surface area (Å²) in [6.45, 7) is 5.43. The molecule has 0 aromatic rings. The van der Waals surface area contributed by atoms with Crippen LogP contribution in [-0.2, 0) is 14.3 Å². The minimum atomic E-state index is -3.44. The second kappa shape index (κ2) is 5.32. The van der Waals surface area contributed by atoms with E-state index in [2.05, 4.69) is 10.8 Å². The Balaban J connectivity index is 3.47. The van der Waals surface area contributed by atoms with E-state index in [1.807, 2.05) is 6.92 Å². The maximum atomic E-state index is 10.6. The van der Waals surface area contributed by atoms with Crippen LogP contribution in [0.4, 0.5) is 0 Å². The molecule has 0 atom stereocenters. The third-order valence-electron chi connectivity index (χ3n) is 1.20. The molecule has 11 heavy (non-hydrogen) atoms. The summed E-state index contributed by atoms with van der Waals surface area (Å²) in [5.74, 6) is 0. The lowest BCUT2D eigenvalue weighted by atomic mass is 10.3. The molecular weight excluding hydrogens is 164 g/mol. The van der Waals surface area contributed by atoms with Crippen LogP contribution in [0.5, 0.6) is 0 Å². The van der Waals surface area contributed by atoms with Gasteiger partial charge in [0.05, 0.1) is 12.0 Å². The van der Waals surface area contributed by atoms with Gasteiger partial charge in [-0.25, -0.2) is 0 Å². The van der Waals surface area contributed by atoms with Crippen molar-refractivity contribution in [1.29, 1.82) is 0 Å². The molecule has 3 nitrogen and oxygen atoms in total. The van der Waals surface area contributed by atoms with Crippen molar-refractivity contribution in [1.82, 2.24) is 0 Å². The molecule has 0 N–H and O–H groups in total. The first kappa shape index (κ1) is 10.7. The number of rotatable bonds is 6. The van der Waals surface area contributed by atoms with E-state index < -0.39 is 10.1 Å². The van der Waals surface area contributed by atoms with Crippen LogP contribution in [0.25, 0.3) is 0 Å². The second-order valence-electron chi connectivity index (χ2n) is 2.19. The lowest BCUT2D eigenvalue weighted by Crippen LogP contribution is -2.02. The standard InChI is InChI=1S/C7H14O3S/c1-3-5-6-7-10-11(8,9)4-2/h4H,2-3,5-7H2,1H3. The lowest BCUT2D eigenvalue weighted by Gasteiger charge is -1.98. The van der Waals surface area contributed by atoms with Crippen molar-refractivity contribution in [3.05, 3.63) is 12.0 Å². The predicted octanol–water partition coefficient (Wildman–Crippen LogP) is 1.67. The molecule has 0 spiro atoms. The zero-order chi connectivity index (χ0) is 8.74. The first-order valence-electron chi connectivity index (χ1n) is 3.64. The summed E-state index contributed by atoms with van der Waals surface area (Å²) in [6, 6.07) is 0. The molecule has 0 aromatic carbocycles. The average Bonchev–Trinajstić information content (AvgIpc) is 1.99. The van der Waals surface area contributed by atoms with E-state index >= 15 is 0 Å². The fraction of sp³-hybridized carbons (Fsp3) is 0.714. The zero-order valence-electron chi connectivity index (χ0n) is 6.75. The minimum Gasteiger partial charge on any atom is -0.267 e. The van der Waals surface area contributed by atoms with Crippen LogP contribution in [-0.4, -0.2) is 15.0 Å². The topological polar surface area (TPSA) is 43.4 Å². The van der Waals surface area contributed by atoms with Gasteiger partial charge in [-0.3, -0.25) is 4.18 Å². The third kappa shape index (κ3) is 6.06. The molecule has 0 saturated heterocycles. The number of unbranched alkanes of at least 4 members (excludes halogenated alkanes) is 2. The lowest BCUT2D eigenvalue weighted by molar-refractivity contribution is 0.313. The summed E-state index contributed by atoms with van der Waals surface area (Å²) in [7, 11) is -3.44. The van der Waals surface area contributed by atoms with Gasteiger partial charge < -0.3 is 0 Å². The van der Waals surface area contributed by atoms with Crippen molar-refractivity contribution >= 4 is 10.1 Å². The monoisotopic (exact) mass is 178 g/mol. The van der Waals surface area contributed by atoms with Crippen LogP contribution >= 0.6 is 0 Å². The second-order valence-corrected chi connectivity index (χ2v) is 3.74. The molecule has 0 saturated carbocycles. The summed E-state index contributed by atoms with van der Waals surface area (Å²) in [6.07, 6.45) is 2.83. The molecule has 0 amide bonds. The normalized spacial score (nSPS) is 11.4. The van der Waals surface area contributed by atoms with Crippen LogP contribution in [0.15, 0.2) is 12.0 Å². The van der Waals surface area contributed by atoms with Gasteiger partial charge in [-0.05, 0) is 6.42 Å². The van der Waals surface area contributed by atoms with Crippen molar-refractivity contribution < 1.29 is 12.6 Å². The fourth-order valence-corrected chi connectivity index (χ4v) is 1.02. The molecule has 0 unspecified atom stereocenters. The van der Waals surface area contributed by atoms with Crippen molar-refractivity contribution in [2.24, 2.45) is 0 Å². The smallest absolute Gasteiger partial charge is 0.267 e. The van der Waals surface area contributed by atoms with Crippen molar-refractivity contribution in [3.8, 4) is 0 Å². The van der Waals surface area contributed by atoms with Crippen LogP contribution in [0, 0.1) is 0 Å². The maximum absolute atomic E-state index is 10.6. The Hall–Kier alpha value is -0.350. The summed E-state index contributed by atoms with van der Waals surface area (Å²) >= 11 is 0. The average molecular weight is 178 g/mol. The molecule has 0 fully saturated rings. The van der Waals surface area contributed by atoms with Crippen molar-refractivity contribution in [2.75, 3.05) is 6.61 Å². The Morgan fingerprint density at radius 3 is 2.55 bits per heavy atom. The Morgan fingerprint density at radius 2 is 2.09 bits per heavy atom. The molecule has 0 aliphatic rings. The molecule has 0 aliphatic heterocycles. The van der Waals surface area contributed by atoms with Gasteiger partial charge in [-0.1, -0.05) is 26.3 Å². The SMILES string of the molecule is C=CS(=O)(=O)OCCCCC. The molecule has 0 radical (unpaired) electrons. The molecule has 0 aliphatic carbocycles. The Labute approximate surface area is 68.2 Å². The molecule has 0 heterocycles. The summed E-state index contributed by atoms with van der Waals surface area (Å²) in [5.41, 5.74) is 0. The zero-order valence-corrected chi connectivity index (χ0v) is 7.56. The van der Waals surface area contributed by atoms with Crippen molar-refractivity contribution in [2.45, 2.75) is 26.2 Å². The summed E-state index contributed by atoms with van der Waals surface area (Å²) in [5, 5.41) is 0.818. The highest BCUT2D eigenvalue weighted by atomic mass is 32.2. The molecular formula is C7H14O3S. The quantitative estimate of drug-likeness (QED) is 0.459. The fourth-order valence-electron chi connectivity index (χ4n) is 0.575. The first-order valence-corrected chi connectivity index (χ1v) is 5.11. The van der Waals surface area contributed by atoms with Gasteiger partial charge in [0.25, 0.3) is 10.1 Å². The Morgan fingerprint density at radius 1 is 1.45 bits per heavy atom. The van der Waals surface area contributed by atoms with Crippen LogP contribution in [0.3, 0.4) is 0 Å².